The molecule has 0 radical (unpaired) electrons. The van der Waals surface area contributed by atoms with E-state index >= 15 is 0 Å². The minimum absolute atomic E-state index is 0.402. The van der Waals surface area contributed by atoms with E-state index in [1.807, 2.05) is 31.2 Å². The van der Waals surface area contributed by atoms with Crippen LogP contribution >= 0.6 is 0 Å². The van der Waals surface area contributed by atoms with Crippen molar-refractivity contribution >= 4 is 6.16 Å². The number of rotatable bonds is 11. The number of aryl methyl sites for hydroxylation is 1. The van der Waals surface area contributed by atoms with Gasteiger partial charge in [0.15, 0.2) is 0 Å². The van der Waals surface area contributed by atoms with E-state index in [0.29, 0.717) is 12.4 Å². The molecule has 1 rings (SSSR count). The molecule has 0 aliphatic heterocycles. The quantitative estimate of drug-likeness (QED) is 0.290. The van der Waals surface area contributed by atoms with Crippen LogP contribution in [0.4, 0.5) is 4.79 Å². The fraction of sp³-hybridized carbons (Fsp3) is 0.632. The summed E-state index contributed by atoms with van der Waals surface area (Å²) in [5.41, 5.74) is 1.09. The van der Waals surface area contributed by atoms with E-state index in [2.05, 4.69) is 6.92 Å². The molecule has 0 bridgehead atoms. The molecule has 0 aromatic heterocycles. The number of para-hydroxylation sites is 1. The minimum Gasteiger partial charge on any atom is -0.434 e. The van der Waals surface area contributed by atoms with E-state index in [-0.39, 0.29) is 0 Å². The van der Waals surface area contributed by atoms with Gasteiger partial charge in [0.25, 0.3) is 0 Å². The maximum absolute atomic E-state index is 11.6. The molecule has 0 aliphatic rings. The van der Waals surface area contributed by atoms with Crippen molar-refractivity contribution in [3.8, 4) is 5.75 Å². The molecule has 1 aromatic carbocycles. The molecular weight excluding hydrogens is 276 g/mol. The molecule has 1 aromatic rings. The number of benzene rings is 1. The van der Waals surface area contributed by atoms with Crippen LogP contribution in [0.25, 0.3) is 0 Å². The van der Waals surface area contributed by atoms with E-state index in [1.54, 1.807) is 0 Å². The minimum atomic E-state index is -0.603. The van der Waals surface area contributed by atoms with Crippen molar-refractivity contribution in [1.29, 1.82) is 0 Å². The molecular formula is C19H30O3. The van der Waals surface area contributed by atoms with Crippen molar-refractivity contribution in [2.24, 2.45) is 0 Å². The molecule has 0 unspecified atom stereocenters. The largest absolute Gasteiger partial charge is 0.513 e. The third-order valence-electron chi connectivity index (χ3n) is 3.64. The zero-order chi connectivity index (χ0) is 16.0. The standard InChI is InChI=1S/C19H30O3/c1-3-5-6-7-8-9-10-13-17-14-11-12-15-18(17)22-19(20)21-16-4-2/h11-12,14-15H,3-10,13,16H2,1-2H3. The van der Waals surface area contributed by atoms with Gasteiger partial charge in [0.05, 0.1) is 6.61 Å². The number of unbranched alkanes of at least 4 members (excludes halogenated alkanes) is 6. The zero-order valence-electron chi connectivity index (χ0n) is 14.1. The number of carbonyl (C=O) groups excluding carboxylic acids is 1. The summed E-state index contributed by atoms with van der Waals surface area (Å²) in [5, 5.41) is 0. The molecule has 0 aliphatic carbocycles. The van der Waals surface area contributed by atoms with E-state index in [4.69, 9.17) is 9.47 Å². The highest BCUT2D eigenvalue weighted by Crippen LogP contribution is 2.21. The Kier molecular flexibility index (Phi) is 10.2. The van der Waals surface area contributed by atoms with Gasteiger partial charge in [-0.1, -0.05) is 70.6 Å². The Hall–Kier alpha value is -1.51. The fourth-order valence-electron chi connectivity index (χ4n) is 2.39. The van der Waals surface area contributed by atoms with Crippen LogP contribution in [0.2, 0.25) is 0 Å². The summed E-state index contributed by atoms with van der Waals surface area (Å²) in [5.74, 6) is 0.634. The van der Waals surface area contributed by atoms with Crippen molar-refractivity contribution in [2.75, 3.05) is 6.61 Å². The Morgan fingerprint density at radius 1 is 0.909 bits per heavy atom. The molecule has 0 saturated carbocycles. The molecule has 0 fully saturated rings. The highest BCUT2D eigenvalue weighted by molar-refractivity contribution is 5.64. The predicted octanol–water partition coefficient (Wildman–Crippen LogP) is 5.91. The van der Waals surface area contributed by atoms with Gasteiger partial charge in [-0.05, 0) is 30.9 Å². The van der Waals surface area contributed by atoms with Gasteiger partial charge >= 0.3 is 6.16 Å². The van der Waals surface area contributed by atoms with Gasteiger partial charge in [-0.15, -0.1) is 0 Å². The molecule has 22 heavy (non-hydrogen) atoms. The molecule has 3 heteroatoms. The Morgan fingerprint density at radius 2 is 1.59 bits per heavy atom. The second-order valence-corrected chi connectivity index (χ2v) is 5.68. The summed E-state index contributed by atoms with van der Waals surface area (Å²) in [7, 11) is 0. The van der Waals surface area contributed by atoms with Crippen LogP contribution in [0, 0.1) is 0 Å². The first kappa shape index (κ1) is 18.5. The van der Waals surface area contributed by atoms with E-state index in [9.17, 15) is 4.79 Å². The van der Waals surface area contributed by atoms with Crippen molar-refractivity contribution < 1.29 is 14.3 Å². The monoisotopic (exact) mass is 306 g/mol. The second kappa shape index (κ2) is 12.1. The van der Waals surface area contributed by atoms with E-state index in [0.717, 1.165) is 24.8 Å². The SMILES string of the molecule is CCCCCCCCCc1ccccc1OC(=O)OCCC. The van der Waals surface area contributed by atoms with Crippen LogP contribution in [0.15, 0.2) is 24.3 Å². The lowest BCUT2D eigenvalue weighted by Gasteiger charge is -2.10. The number of carbonyl (C=O) groups is 1. The Balaban J connectivity index is 2.32. The summed E-state index contributed by atoms with van der Waals surface area (Å²) < 4.78 is 10.3. The number of hydrogen-bond acceptors (Lipinski definition) is 3. The predicted molar refractivity (Wildman–Crippen MR) is 90.4 cm³/mol. The summed E-state index contributed by atoms with van der Waals surface area (Å²) in [6.45, 7) is 4.60. The number of ether oxygens (including phenoxy) is 2. The smallest absolute Gasteiger partial charge is 0.434 e. The topological polar surface area (TPSA) is 35.5 Å². The third kappa shape index (κ3) is 8.06. The van der Waals surface area contributed by atoms with Crippen LogP contribution in [-0.4, -0.2) is 12.8 Å². The van der Waals surface area contributed by atoms with Crippen LogP contribution in [0.5, 0.6) is 5.75 Å². The first-order valence-corrected chi connectivity index (χ1v) is 8.70. The average Bonchev–Trinajstić information content (AvgIpc) is 2.53. The van der Waals surface area contributed by atoms with Crippen LogP contribution in [-0.2, 0) is 11.2 Å². The Morgan fingerprint density at radius 3 is 2.32 bits per heavy atom. The maximum Gasteiger partial charge on any atom is 0.513 e. The second-order valence-electron chi connectivity index (χ2n) is 5.68. The van der Waals surface area contributed by atoms with Gasteiger partial charge in [-0.2, -0.15) is 0 Å². The summed E-state index contributed by atoms with van der Waals surface area (Å²) in [4.78, 5) is 11.6. The van der Waals surface area contributed by atoms with Gasteiger partial charge in [-0.3, -0.25) is 0 Å². The lowest BCUT2D eigenvalue weighted by Crippen LogP contribution is -2.12. The van der Waals surface area contributed by atoms with Crippen molar-refractivity contribution in [1.82, 2.24) is 0 Å². The zero-order valence-corrected chi connectivity index (χ0v) is 14.1. The first-order valence-electron chi connectivity index (χ1n) is 8.70. The molecule has 3 nitrogen and oxygen atoms in total. The summed E-state index contributed by atoms with van der Waals surface area (Å²) in [6.07, 6.45) is 10.1. The molecule has 0 atom stereocenters. The lowest BCUT2D eigenvalue weighted by molar-refractivity contribution is 0.0988. The number of hydrogen-bond donors (Lipinski definition) is 0. The van der Waals surface area contributed by atoms with Crippen LogP contribution in [0.3, 0.4) is 0 Å². The molecule has 0 saturated heterocycles. The normalized spacial score (nSPS) is 10.5. The average molecular weight is 306 g/mol. The summed E-state index contributed by atoms with van der Waals surface area (Å²) >= 11 is 0. The lowest BCUT2D eigenvalue weighted by atomic mass is 10.0. The molecule has 0 N–H and O–H groups in total. The van der Waals surface area contributed by atoms with E-state index in [1.165, 1.54) is 38.5 Å². The summed E-state index contributed by atoms with van der Waals surface area (Å²) in [6, 6.07) is 7.74. The molecule has 0 heterocycles. The highest BCUT2D eigenvalue weighted by Gasteiger charge is 2.09. The Labute approximate surface area is 135 Å². The third-order valence-corrected chi connectivity index (χ3v) is 3.64. The molecule has 124 valence electrons. The maximum atomic E-state index is 11.6. The fourth-order valence-corrected chi connectivity index (χ4v) is 2.39. The van der Waals surface area contributed by atoms with Crippen molar-refractivity contribution in [2.45, 2.75) is 71.6 Å². The Bertz CT molecular complexity index is 415. The van der Waals surface area contributed by atoms with Crippen LogP contribution in [0.1, 0.15) is 70.8 Å². The molecule has 0 spiro atoms. The van der Waals surface area contributed by atoms with Gasteiger partial charge in [0.2, 0.25) is 0 Å². The van der Waals surface area contributed by atoms with E-state index < -0.39 is 6.16 Å². The first-order chi connectivity index (χ1) is 10.8. The van der Waals surface area contributed by atoms with Gasteiger partial charge in [0, 0.05) is 0 Å². The van der Waals surface area contributed by atoms with Crippen molar-refractivity contribution in [3.63, 3.8) is 0 Å². The van der Waals surface area contributed by atoms with Gasteiger partial charge in [-0.25, -0.2) is 4.79 Å². The highest BCUT2D eigenvalue weighted by atomic mass is 16.7. The molecule has 0 amide bonds. The van der Waals surface area contributed by atoms with Gasteiger partial charge < -0.3 is 9.47 Å². The van der Waals surface area contributed by atoms with Gasteiger partial charge in [0.1, 0.15) is 5.75 Å². The van der Waals surface area contributed by atoms with Crippen molar-refractivity contribution in [3.05, 3.63) is 29.8 Å². The van der Waals surface area contributed by atoms with Crippen LogP contribution < -0.4 is 4.74 Å².